The van der Waals surface area contributed by atoms with Gasteiger partial charge >= 0.3 is 6.18 Å². The van der Waals surface area contributed by atoms with Gasteiger partial charge in [0.25, 0.3) is 11.8 Å². The number of fused-ring (bicyclic) bond motifs is 1. The van der Waals surface area contributed by atoms with Gasteiger partial charge in [0.15, 0.2) is 6.61 Å². The molecule has 0 N–H and O–H groups in total. The van der Waals surface area contributed by atoms with Gasteiger partial charge in [-0.25, -0.2) is 4.98 Å². The van der Waals surface area contributed by atoms with Crippen molar-refractivity contribution >= 4 is 34.5 Å². The van der Waals surface area contributed by atoms with Gasteiger partial charge in [0.2, 0.25) is 0 Å². The first-order chi connectivity index (χ1) is 19.0. The zero-order valence-electron chi connectivity index (χ0n) is 22.6. The molecule has 0 atom stereocenters. The maximum absolute atomic E-state index is 13.2. The van der Waals surface area contributed by atoms with Crippen molar-refractivity contribution in [3.05, 3.63) is 69.7 Å². The molecule has 2 amide bonds. The number of nitrogens with zero attached hydrogens (tertiary/aromatic N) is 4. The van der Waals surface area contributed by atoms with Crippen molar-refractivity contribution in [3.63, 3.8) is 0 Å². The standard InChI is InChI=1S/C29H31F3N4O3S/c1-4-28(2,3)19-8-9-24-23(15-19)36(26(37)17-39-24)16-25-33-22(18-40-25)27(38)35-12-10-34(11-13-35)21-7-5-6-20(14-21)29(30,31)32/h5-9,14-15,18H,4,10-13,16-17H2,1-3H3. The van der Waals surface area contributed by atoms with Crippen LogP contribution in [-0.4, -0.2) is 54.5 Å². The Labute approximate surface area is 235 Å². The number of benzene rings is 2. The van der Waals surface area contributed by atoms with Crippen LogP contribution in [0.15, 0.2) is 47.8 Å². The summed E-state index contributed by atoms with van der Waals surface area (Å²) in [6.45, 7) is 8.17. The highest BCUT2D eigenvalue weighted by Gasteiger charge is 2.32. The number of amides is 2. The molecule has 1 aromatic heterocycles. The van der Waals surface area contributed by atoms with Gasteiger partial charge < -0.3 is 14.5 Å². The van der Waals surface area contributed by atoms with Crippen LogP contribution in [0.2, 0.25) is 0 Å². The summed E-state index contributed by atoms with van der Waals surface area (Å²) in [5, 5.41) is 2.33. The lowest BCUT2D eigenvalue weighted by Crippen LogP contribution is -2.49. The molecule has 7 nitrogen and oxygen atoms in total. The SMILES string of the molecule is CCC(C)(C)c1ccc2c(c1)N(Cc1nc(C(=O)N3CCN(c4cccc(C(F)(F)F)c4)CC3)cs1)C(=O)CO2. The van der Waals surface area contributed by atoms with Crippen LogP contribution in [0.4, 0.5) is 24.5 Å². The summed E-state index contributed by atoms with van der Waals surface area (Å²) in [6, 6.07) is 11.2. The van der Waals surface area contributed by atoms with Gasteiger partial charge in [0.1, 0.15) is 16.5 Å². The normalized spacial score (nSPS) is 16.1. The Morgan fingerprint density at radius 2 is 1.80 bits per heavy atom. The Morgan fingerprint density at radius 3 is 2.50 bits per heavy atom. The number of rotatable bonds is 6. The molecule has 11 heteroatoms. The molecule has 1 saturated heterocycles. The Bertz CT molecular complexity index is 1410. The topological polar surface area (TPSA) is 66.0 Å². The van der Waals surface area contributed by atoms with Crippen molar-refractivity contribution in [1.29, 1.82) is 0 Å². The van der Waals surface area contributed by atoms with Gasteiger partial charge in [-0.2, -0.15) is 13.2 Å². The van der Waals surface area contributed by atoms with Gasteiger partial charge in [0, 0.05) is 37.2 Å². The van der Waals surface area contributed by atoms with Crippen molar-refractivity contribution in [2.75, 3.05) is 42.6 Å². The predicted molar refractivity (Wildman–Crippen MR) is 148 cm³/mol. The number of piperazine rings is 1. The molecule has 3 heterocycles. The fourth-order valence-electron chi connectivity index (χ4n) is 4.83. The van der Waals surface area contributed by atoms with Gasteiger partial charge in [-0.1, -0.05) is 32.9 Å². The first-order valence-electron chi connectivity index (χ1n) is 13.2. The zero-order valence-corrected chi connectivity index (χ0v) is 23.4. The van der Waals surface area contributed by atoms with Crippen molar-refractivity contribution in [1.82, 2.24) is 9.88 Å². The minimum Gasteiger partial charge on any atom is -0.482 e. The second kappa shape index (κ2) is 10.8. The number of halogens is 3. The quantitative estimate of drug-likeness (QED) is 0.377. The van der Waals surface area contributed by atoms with E-state index in [0.717, 1.165) is 24.1 Å². The minimum absolute atomic E-state index is 0.0587. The summed E-state index contributed by atoms with van der Waals surface area (Å²) in [6.07, 6.45) is -3.47. The molecule has 0 aliphatic carbocycles. The lowest BCUT2D eigenvalue weighted by Gasteiger charge is -2.36. The van der Waals surface area contributed by atoms with Crippen LogP contribution in [0.25, 0.3) is 0 Å². The number of aromatic nitrogens is 1. The minimum atomic E-state index is -4.40. The third kappa shape index (κ3) is 5.65. The average Bonchev–Trinajstić information content (AvgIpc) is 3.42. The molecule has 1 fully saturated rings. The zero-order chi connectivity index (χ0) is 28.7. The van der Waals surface area contributed by atoms with Crippen LogP contribution < -0.4 is 14.5 Å². The number of ether oxygens (including phenoxy) is 1. The van der Waals surface area contributed by atoms with Crippen LogP contribution in [0.5, 0.6) is 5.75 Å². The molecule has 2 aromatic carbocycles. The molecule has 0 saturated carbocycles. The Kier molecular flexibility index (Phi) is 7.52. The van der Waals surface area contributed by atoms with Crippen LogP contribution in [-0.2, 0) is 22.9 Å². The number of alkyl halides is 3. The van der Waals surface area contributed by atoms with Crippen LogP contribution >= 0.6 is 11.3 Å². The van der Waals surface area contributed by atoms with E-state index in [4.69, 9.17) is 4.74 Å². The van der Waals surface area contributed by atoms with Gasteiger partial charge in [-0.05, 0) is 47.7 Å². The largest absolute Gasteiger partial charge is 0.482 e. The molecule has 0 radical (unpaired) electrons. The van der Waals surface area contributed by atoms with Gasteiger partial charge in [-0.3, -0.25) is 14.5 Å². The Hall–Kier alpha value is -3.60. The lowest BCUT2D eigenvalue weighted by molar-refractivity contribution is -0.137. The molecule has 0 bridgehead atoms. The molecule has 5 rings (SSSR count). The van der Waals surface area contributed by atoms with Gasteiger partial charge in [0.05, 0.1) is 17.8 Å². The molecule has 3 aromatic rings. The van der Waals surface area contributed by atoms with Crippen LogP contribution in [0.1, 0.15) is 53.8 Å². The van der Waals surface area contributed by atoms with Crippen molar-refractivity contribution < 1.29 is 27.5 Å². The van der Waals surface area contributed by atoms with E-state index in [1.165, 1.54) is 17.4 Å². The van der Waals surface area contributed by atoms with Crippen LogP contribution in [0, 0.1) is 0 Å². The molecule has 2 aliphatic heterocycles. The number of carbonyl (C=O) groups excluding carboxylic acids is 2. The van der Waals surface area contributed by atoms with E-state index in [0.29, 0.717) is 54.0 Å². The van der Waals surface area contributed by atoms with E-state index >= 15 is 0 Å². The number of anilines is 2. The Balaban J connectivity index is 1.26. The monoisotopic (exact) mass is 572 g/mol. The first-order valence-corrected chi connectivity index (χ1v) is 14.1. The highest BCUT2D eigenvalue weighted by Crippen LogP contribution is 2.38. The lowest BCUT2D eigenvalue weighted by atomic mass is 9.82. The summed E-state index contributed by atoms with van der Waals surface area (Å²) in [5.74, 6) is 0.237. The van der Waals surface area contributed by atoms with Gasteiger partial charge in [-0.15, -0.1) is 11.3 Å². The predicted octanol–water partition coefficient (Wildman–Crippen LogP) is 5.74. The number of thiazole rings is 1. The highest BCUT2D eigenvalue weighted by molar-refractivity contribution is 7.09. The highest BCUT2D eigenvalue weighted by atomic mass is 32.1. The number of hydrogen-bond donors (Lipinski definition) is 0. The number of hydrogen-bond acceptors (Lipinski definition) is 6. The van der Waals surface area contributed by atoms with E-state index in [9.17, 15) is 22.8 Å². The Morgan fingerprint density at radius 1 is 1.05 bits per heavy atom. The van der Waals surface area contributed by atoms with Crippen molar-refractivity contribution in [2.24, 2.45) is 0 Å². The second-order valence-corrected chi connectivity index (χ2v) is 11.6. The van der Waals surface area contributed by atoms with Crippen molar-refractivity contribution in [2.45, 2.75) is 45.3 Å². The fraction of sp³-hybridized carbons (Fsp3) is 0.414. The maximum Gasteiger partial charge on any atom is 0.416 e. The molecule has 212 valence electrons. The first kappa shape index (κ1) is 27.9. The molecule has 0 unspecified atom stereocenters. The molecule has 2 aliphatic rings. The number of carbonyl (C=O) groups is 2. The van der Waals surface area contributed by atoms with E-state index < -0.39 is 11.7 Å². The van der Waals surface area contributed by atoms with E-state index in [1.807, 2.05) is 23.1 Å². The summed E-state index contributed by atoms with van der Waals surface area (Å²) >= 11 is 1.32. The molecule has 40 heavy (non-hydrogen) atoms. The third-order valence-corrected chi connectivity index (χ3v) is 8.57. The summed E-state index contributed by atoms with van der Waals surface area (Å²) in [4.78, 5) is 35.7. The van der Waals surface area contributed by atoms with Crippen LogP contribution in [0.3, 0.4) is 0 Å². The van der Waals surface area contributed by atoms with Crippen molar-refractivity contribution in [3.8, 4) is 5.75 Å². The van der Waals surface area contributed by atoms with E-state index in [-0.39, 0.29) is 30.4 Å². The van der Waals surface area contributed by atoms with E-state index in [2.05, 4.69) is 25.8 Å². The molecular weight excluding hydrogens is 541 g/mol. The molecule has 0 spiro atoms. The van der Waals surface area contributed by atoms with E-state index in [1.54, 1.807) is 21.2 Å². The third-order valence-electron chi connectivity index (χ3n) is 7.74. The summed E-state index contributed by atoms with van der Waals surface area (Å²) < 4.78 is 45.0. The second-order valence-electron chi connectivity index (χ2n) is 10.6. The summed E-state index contributed by atoms with van der Waals surface area (Å²) in [5.41, 5.74) is 1.84. The fourth-order valence-corrected chi connectivity index (χ4v) is 5.58. The maximum atomic E-state index is 13.2. The molecular formula is C29H31F3N4O3S. The average molecular weight is 573 g/mol. The smallest absolute Gasteiger partial charge is 0.416 e. The summed E-state index contributed by atoms with van der Waals surface area (Å²) in [7, 11) is 0.